The molecule has 0 saturated carbocycles. The van der Waals surface area contributed by atoms with Crippen LogP contribution in [0.2, 0.25) is 0 Å². The van der Waals surface area contributed by atoms with Crippen LogP contribution in [0.3, 0.4) is 0 Å². The summed E-state index contributed by atoms with van der Waals surface area (Å²) < 4.78 is 6.65. The van der Waals surface area contributed by atoms with Gasteiger partial charge >= 0.3 is 0 Å². The third-order valence-corrected chi connectivity index (χ3v) is 4.74. The number of carbonyl (C=O) groups is 1. The van der Waals surface area contributed by atoms with E-state index in [0.29, 0.717) is 22.4 Å². The maximum atomic E-state index is 13.3. The molecule has 0 aliphatic heterocycles. The van der Waals surface area contributed by atoms with Crippen LogP contribution in [0, 0.1) is 0 Å². The molecule has 2 aromatic carbocycles. The SMILES string of the molecule is COc1ccccc1CC(=O)c1c(O)c2cccnc2n(-c2ccccc2)c1=O. The molecule has 0 radical (unpaired) electrons. The van der Waals surface area contributed by atoms with Gasteiger partial charge in [-0.15, -0.1) is 0 Å². The van der Waals surface area contributed by atoms with Gasteiger partial charge in [0.15, 0.2) is 11.4 Å². The maximum absolute atomic E-state index is 13.3. The minimum atomic E-state index is -0.611. The number of para-hydroxylation sites is 2. The fraction of sp³-hybridized carbons (Fsp3) is 0.0870. The zero-order valence-electron chi connectivity index (χ0n) is 15.7. The first-order valence-electron chi connectivity index (χ1n) is 9.05. The molecule has 0 atom stereocenters. The summed E-state index contributed by atoms with van der Waals surface area (Å²) in [7, 11) is 1.52. The summed E-state index contributed by atoms with van der Waals surface area (Å²) in [5.41, 5.74) is 0.610. The van der Waals surface area contributed by atoms with Crippen molar-refractivity contribution in [3.63, 3.8) is 0 Å². The van der Waals surface area contributed by atoms with Crippen LogP contribution >= 0.6 is 0 Å². The Labute approximate surface area is 166 Å². The van der Waals surface area contributed by atoms with E-state index in [4.69, 9.17) is 4.74 Å². The number of aromatic nitrogens is 2. The van der Waals surface area contributed by atoms with E-state index >= 15 is 0 Å². The van der Waals surface area contributed by atoms with Gasteiger partial charge in [-0.3, -0.25) is 14.2 Å². The van der Waals surface area contributed by atoms with Crippen molar-refractivity contribution in [2.75, 3.05) is 7.11 Å². The lowest BCUT2D eigenvalue weighted by atomic mass is 10.0. The van der Waals surface area contributed by atoms with Gasteiger partial charge in [0.1, 0.15) is 17.1 Å². The van der Waals surface area contributed by atoms with Crippen molar-refractivity contribution in [3.8, 4) is 17.2 Å². The topological polar surface area (TPSA) is 81.4 Å². The number of rotatable bonds is 5. The maximum Gasteiger partial charge on any atom is 0.271 e. The summed E-state index contributed by atoms with van der Waals surface area (Å²) in [6, 6.07) is 19.3. The summed E-state index contributed by atoms with van der Waals surface area (Å²) in [4.78, 5) is 30.7. The number of ketones is 1. The standard InChI is InChI=1S/C23H18N2O4/c1-29-19-12-6-5-8-15(19)14-18(26)20-21(27)17-11-7-13-24-22(17)25(23(20)28)16-9-3-2-4-10-16/h2-13,27H,14H2,1H3. The van der Waals surface area contributed by atoms with Crippen molar-refractivity contribution in [2.24, 2.45) is 0 Å². The number of pyridine rings is 2. The van der Waals surface area contributed by atoms with Gasteiger partial charge in [-0.2, -0.15) is 0 Å². The lowest BCUT2D eigenvalue weighted by Crippen LogP contribution is -2.27. The number of carbonyl (C=O) groups excluding carboxylic acids is 1. The minimum absolute atomic E-state index is 0.0760. The Kier molecular flexibility index (Phi) is 4.83. The molecule has 1 N–H and O–H groups in total. The van der Waals surface area contributed by atoms with E-state index < -0.39 is 11.3 Å². The summed E-state index contributed by atoms with van der Waals surface area (Å²) in [6.07, 6.45) is 1.46. The Balaban J connectivity index is 1.93. The van der Waals surface area contributed by atoms with Crippen molar-refractivity contribution in [2.45, 2.75) is 6.42 Å². The number of benzene rings is 2. The first-order valence-corrected chi connectivity index (χ1v) is 9.05. The number of hydrogen-bond donors (Lipinski definition) is 1. The molecule has 0 aliphatic rings. The highest BCUT2D eigenvalue weighted by atomic mass is 16.5. The van der Waals surface area contributed by atoms with Crippen LogP contribution in [0.4, 0.5) is 0 Å². The zero-order chi connectivity index (χ0) is 20.4. The highest BCUT2D eigenvalue weighted by molar-refractivity contribution is 6.04. The Morgan fingerprint density at radius 3 is 2.52 bits per heavy atom. The molecule has 4 aromatic rings. The fourth-order valence-corrected chi connectivity index (χ4v) is 3.38. The quantitative estimate of drug-likeness (QED) is 0.531. The second kappa shape index (κ2) is 7.59. The molecular formula is C23H18N2O4. The van der Waals surface area contributed by atoms with Crippen molar-refractivity contribution < 1.29 is 14.6 Å². The number of methoxy groups -OCH3 is 1. The molecule has 2 heterocycles. The number of aromatic hydroxyl groups is 1. The van der Waals surface area contributed by atoms with Gasteiger partial charge in [0.25, 0.3) is 5.56 Å². The van der Waals surface area contributed by atoms with Crippen molar-refractivity contribution in [3.05, 3.63) is 94.4 Å². The van der Waals surface area contributed by atoms with Crippen LogP contribution in [-0.4, -0.2) is 27.6 Å². The lowest BCUT2D eigenvalue weighted by Gasteiger charge is -2.14. The fourth-order valence-electron chi connectivity index (χ4n) is 3.38. The monoisotopic (exact) mass is 386 g/mol. The molecule has 6 nitrogen and oxygen atoms in total. The predicted octanol–water partition coefficient (Wildman–Crippen LogP) is 3.53. The second-order valence-electron chi connectivity index (χ2n) is 6.49. The van der Waals surface area contributed by atoms with Gasteiger partial charge < -0.3 is 9.84 Å². The first-order chi connectivity index (χ1) is 14.1. The molecule has 0 aliphatic carbocycles. The largest absolute Gasteiger partial charge is 0.506 e. The zero-order valence-corrected chi connectivity index (χ0v) is 15.7. The highest BCUT2D eigenvalue weighted by Crippen LogP contribution is 2.28. The number of fused-ring (bicyclic) bond motifs is 1. The van der Waals surface area contributed by atoms with Gasteiger partial charge in [0.2, 0.25) is 0 Å². The van der Waals surface area contributed by atoms with Gasteiger partial charge in [0, 0.05) is 18.2 Å². The van der Waals surface area contributed by atoms with E-state index in [1.807, 2.05) is 6.07 Å². The van der Waals surface area contributed by atoms with Crippen LogP contribution < -0.4 is 10.3 Å². The second-order valence-corrected chi connectivity index (χ2v) is 6.49. The van der Waals surface area contributed by atoms with Gasteiger partial charge in [-0.1, -0.05) is 36.4 Å². The van der Waals surface area contributed by atoms with Crippen LogP contribution in [0.5, 0.6) is 11.5 Å². The Bertz CT molecular complexity index is 1260. The summed E-state index contributed by atoms with van der Waals surface area (Å²) in [5.74, 6) is -0.302. The molecule has 0 bridgehead atoms. The number of hydrogen-bond acceptors (Lipinski definition) is 5. The summed E-state index contributed by atoms with van der Waals surface area (Å²) in [6.45, 7) is 0. The van der Waals surface area contributed by atoms with E-state index in [2.05, 4.69) is 4.98 Å². The summed E-state index contributed by atoms with van der Waals surface area (Å²) in [5, 5.41) is 11.1. The van der Waals surface area contributed by atoms with Crippen LogP contribution in [0.25, 0.3) is 16.7 Å². The Morgan fingerprint density at radius 2 is 1.76 bits per heavy atom. The molecule has 0 saturated heterocycles. The lowest BCUT2D eigenvalue weighted by molar-refractivity contribution is 0.0988. The number of ether oxygens (including phenoxy) is 1. The molecule has 29 heavy (non-hydrogen) atoms. The molecule has 6 heteroatoms. The highest BCUT2D eigenvalue weighted by Gasteiger charge is 2.24. The third-order valence-electron chi connectivity index (χ3n) is 4.74. The molecule has 0 spiro atoms. The predicted molar refractivity (Wildman–Crippen MR) is 110 cm³/mol. The van der Waals surface area contributed by atoms with E-state index in [1.54, 1.807) is 60.7 Å². The molecular weight excluding hydrogens is 368 g/mol. The van der Waals surface area contributed by atoms with E-state index in [-0.39, 0.29) is 23.4 Å². The first kappa shape index (κ1) is 18.4. The molecule has 144 valence electrons. The van der Waals surface area contributed by atoms with E-state index in [1.165, 1.54) is 17.9 Å². The Morgan fingerprint density at radius 1 is 1.03 bits per heavy atom. The van der Waals surface area contributed by atoms with E-state index in [9.17, 15) is 14.7 Å². The smallest absolute Gasteiger partial charge is 0.271 e. The van der Waals surface area contributed by atoms with Crippen LogP contribution in [-0.2, 0) is 6.42 Å². The van der Waals surface area contributed by atoms with E-state index in [0.717, 1.165) is 0 Å². The van der Waals surface area contributed by atoms with Gasteiger partial charge in [-0.25, -0.2) is 4.98 Å². The molecule has 2 aromatic heterocycles. The van der Waals surface area contributed by atoms with Crippen molar-refractivity contribution in [1.29, 1.82) is 0 Å². The molecule has 4 rings (SSSR count). The summed E-state index contributed by atoms with van der Waals surface area (Å²) >= 11 is 0. The third kappa shape index (κ3) is 3.25. The number of Topliss-reactive ketones (excluding diaryl/α,β-unsaturated/α-hetero) is 1. The average Bonchev–Trinajstić information content (AvgIpc) is 2.75. The molecule has 0 unspecified atom stereocenters. The van der Waals surface area contributed by atoms with Gasteiger partial charge in [-0.05, 0) is 30.3 Å². The van der Waals surface area contributed by atoms with Crippen molar-refractivity contribution >= 4 is 16.8 Å². The minimum Gasteiger partial charge on any atom is -0.506 e. The molecule has 0 amide bonds. The van der Waals surface area contributed by atoms with Gasteiger partial charge in [0.05, 0.1) is 18.2 Å². The normalized spacial score (nSPS) is 10.8. The number of nitrogens with zero attached hydrogens (tertiary/aromatic N) is 2. The van der Waals surface area contributed by atoms with Crippen LogP contribution in [0.1, 0.15) is 15.9 Å². The average molecular weight is 386 g/mol. The Hall–Kier alpha value is -3.93. The van der Waals surface area contributed by atoms with Crippen LogP contribution in [0.15, 0.2) is 77.7 Å². The van der Waals surface area contributed by atoms with Crippen molar-refractivity contribution in [1.82, 2.24) is 9.55 Å². The molecule has 0 fully saturated rings.